The summed E-state index contributed by atoms with van der Waals surface area (Å²) in [6, 6.07) is 10.6. The fourth-order valence-electron chi connectivity index (χ4n) is 1.87. The molecule has 0 bridgehead atoms. The van der Waals surface area contributed by atoms with Crippen LogP contribution in [-0.2, 0) is 0 Å². The molecule has 0 saturated carbocycles. The zero-order valence-corrected chi connectivity index (χ0v) is 8.99. The van der Waals surface area contributed by atoms with E-state index in [0.717, 1.165) is 11.8 Å². The van der Waals surface area contributed by atoms with Gasteiger partial charge in [0.2, 0.25) is 0 Å². The van der Waals surface area contributed by atoms with Crippen molar-refractivity contribution in [1.82, 2.24) is 0 Å². The van der Waals surface area contributed by atoms with Crippen LogP contribution in [0.4, 0.5) is 0 Å². The van der Waals surface area contributed by atoms with Gasteiger partial charge < -0.3 is 5.11 Å². The van der Waals surface area contributed by atoms with Crippen LogP contribution in [0.1, 0.15) is 16.7 Å². The van der Waals surface area contributed by atoms with Crippen molar-refractivity contribution in [2.75, 3.05) is 0 Å². The molecule has 0 aliphatic heterocycles. The molecular formula is C14H14O. The van der Waals surface area contributed by atoms with Crippen LogP contribution >= 0.6 is 0 Å². The molecule has 1 N–H and O–H groups in total. The number of aliphatic hydroxyl groups excluding tert-OH is 1. The Morgan fingerprint density at radius 3 is 2.53 bits per heavy atom. The number of hydrogen-bond acceptors (Lipinski definition) is 1. The van der Waals surface area contributed by atoms with E-state index in [1.165, 1.54) is 21.9 Å². The Balaban J connectivity index is 2.81. The molecule has 0 aliphatic carbocycles. The highest BCUT2D eigenvalue weighted by Gasteiger charge is 2.00. The maximum Gasteiger partial charge on any atom is 0.0797 e. The SMILES string of the molecule is Cc1cc(C=CO)c2cc(C)ccc2c1. The van der Waals surface area contributed by atoms with Crippen LogP contribution in [0.15, 0.2) is 36.6 Å². The molecule has 1 heteroatoms. The third-order valence-corrected chi connectivity index (χ3v) is 2.54. The molecule has 0 fully saturated rings. The second kappa shape index (κ2) is 3.77. The molecule has 0 saturated heterocycles. The Morgan fingerprint density at radius 2 is 1.80 bits per heavy atom. The molecule has 15 heavy (non-hydrogen) atoms. The first-order valence-corrected chi connectivity index (χ1v) is 5.02. The zero-order chi connectivity index (χ0) is 10.8. The minimum Gasteiger partial charge on any atom is -0.516 e. The normalized spacial score (nSPS) is 11.3. The van der Waals surface area contributed by atoms with Crippen molar-refractivity contribution in [3.05, 3.63) is 53.3 Å². The first-order chi connectivity index (χ1) is 7.20. The van der Waals surface area contributed by atoms with Crippen LogP contribution in [0.25, 0.3) is 16.8 Å². The molecule has 1 nitrogen and oxygen atoms in total. The predicted octanol–water partition coefficient (Wildman–Crippen LogP) is 3.99. The Hall–Kier alpha value is -1.76. The van der Waals surface area contributed by atoms with Crippen molar-refractivity contribution < 1.29 is 5.11 Å². The van der Waals surface area contributed by atoms with E-state index in [2.05, 4.69) is 44.2 Å². The van der Waals surface area contributed by atoms with Gasteiger partial charge >= 0.3 is 0 Å². The van der Waals surface area contributed by atoms with Gasteiger partial charge in [0, 0.05) is 0 Å². The van der Waals surface area contributed by atoms with Crippen molar-refractivity contribution in [2.24, 2.45) is 0 Å². The lowest BCUT2D eigenvalue weighted by molar-refractivity contribution is 0.478. The summed E-state index contributed by atoms with van der Waals surface area (Å²) in [6.45, 7) is 4.14. The van der Waals surface area contributed by atoms with Crippen LogP contribution in [0.5, 0.6) is 0 Å². The van der Waals surface area contributed by atoms with E-state index in [-0.39, 0.29) is 0 Å². The Labute approximate surface area is 89.7 Å². The number of aliphatic hydroxyl groups is 1. The highest BCUT2D eigenvalue weighted by atomic mass is 16.2. The van der Waals surface area contributed by atoms with Gasteiger partial charge in [-0.2, -0.15) is 0 Å². The zero-order valence-electron chi connectivity index (χ0n) is 8.99. The maximum atomic E-state index is 8.86. The molecule has 0 aliphatic rings. The van der Waals surface area contributed by atoms with Crippen LogP contribution in [0.3, 0.4) is 0 Å². The van der Waals surface area contributed by atoms with E-state index in [9.17, 15) is 0 Å². The average molecular weight is 198 g/mol. The Kier molecular flexibility index (Phi) is 2.46. The van der Waals surface area contributed by atoms with E-state index >= 15 is 0 Å². The monoisotopic (exact) mass is 198 g/mol. The highest BCUT2D eigenvalue weighted by Crippen LogP contribution is 2.23. The van der Waals surface area contributed by atoms with Gasteiger partial charge in [-0.25, -0.2) is 0 Å². The maximum absolute atomic E-state index is 8.86. The molecule has 0 heterocycles. The molecule has 2 rings (SSSR count). The third kappa shape index (κ3) is 1.86. The summed E-state index contributed by atoms with van der Waals surface area (Å²) in [4.78, 5) is 0. The quantitative estimate of drug-likeness (QED) is 0.687. The van der Waals surface area contributed by atoms with E-state index in [0.29, 0.717) is 0 Å². The number of benzene rings is 2. The van der Waals surface area contributed by atoms with Gasteiger partial charge in [0.25, 0.3) is 0 Å². The number of rotatable bonds is 1. The number of fused-ring (bicyclic) bond motifs is 1. The molecule has 0 spiro atoms. The fraction of sp³-hybridized carbons (Fsp3) is 0.143. The van der Waals surface area contributed by atoms with Crippen LogP contribution in [-0.4, -0.2) is 5.11 Å². The molecule has 76 valence electrons. The Bertz CT molecular complexity index is 524. The molecule has 0 atom stereocenters. The van der Waals surface area contributed by atoms with Crippen molar-refractivity contribution in [3.8, 4) is 0 Å². The fourth-order valence-corrected chi connectivity index (χ4v) is 1.87. The summed E-state index contributed by atoms with van der Waals surface area (Å²) in [5.41, 5.74) is 3.51. The van der Waals surface area contributed by atoms with Gasteiger partial charge in [-0.05, 0) is 41.8 Å². The smallest absolute Gasteiger partial charge is 0.0797 e. The first-order valence-electron chi connectivity index (χ1n) is 5.02. The third-order valence-electron chi connectivity index (χ3n) is 2.54. The molecule has 0 unspecified atom stereocenters. The molecule has 0 amide bonds. The van der Waals surface area contributed by atoms with Crippen molar-refractivity contribution in [1.29, 1.82) is 0 Å². The average Bonchev–Trinajstić information content (AvgIpc) is 2.19. The second-order valence-corrected chi connectivity index (χ2v) is 3.89. The van der Waals surface area contributed by atoms with E-state index < -0.39 is 0 Å². The molecule has 2 aromatic carbocycles. The minimum absolute atomic E-state index is 1.07. The van der Waals surface area contributed by atoms with Gasteiger partial charge in [0.15, 0.2) is 0 Å². The van der Waals surface area contributed by atoms with Gasteiger partial charge in [-0.3, -0.25) is 0 Å². The summed E-state index contributed by atoms with van der Waals surface area (Å²) >= 11 is 0. The van der Waals surface area contributed by atoms with Crippen LogP contribution < -0.4 is 0 Å². The number of hydrogen-bond donors (Lipinski definition) is 1. The molecular weight excluding hydrogens is 184 g/mol. The van der Waals surface area contributed by atoms with Crippen LogP contribution in [0.2, 0.25) is 0 Å². The largest absolute Gasteiger partial charge is 0.516 e. The highest BCUT2D eigenvalue weighted by molar-refractivity contribution is 5.91. The van der Waals surface area contributed by atoms with Crippen molar-refractivity contribution >= 4 is 16.8 Å². The summed E-state index contributed by atoms with van der Waals surface area (Å²) in [5.74, 6) is 0. The van der Waals surface area contributed by atoms with Gasteiger partial charge in [0.05, 0.1) is 6.26 Å². The van der Waals surface area contributed by atoms with E-state index in [4.69, 9.17) is 5.11 Å². The van der Waals surface area contributed by atoms with Gasteiger partial charge in [-0.1, -0.05) is 35.9 Å². The molecule has 0 radical (unpaired) electrons. The lowest BCUT2D eigenvalue weighted by Gasteiger charge is -2.05. The predicted molar refractivity (Wildman–Crippen MR) is 65.1 cm³/mol. The molecule has 2 aromatic rings. The minimum atomic E-state index is 1.07. The van der Waals surface area contributed by atoms with Crippen molar-refractivity contribution in [2.45, 2.75) is 13.8 Å². The second-order valence-electron chi connectivity index (χ2n) is 3.89. The van der Waals surface area contributed by atoms with Gasteiger partial charge in [0.1, 0.15) is 0 Å². The summed E-state index contributed by atoms with van der Waals surface area (Å²) in [7, 11) is 0. The summed E-state index contributed by atoms with van der Waals surface area (Å²) in [5, 5.41) is 11.3. The Morgan fingerprint density at radius 1 is 1.00 bits per heavy atom. The van der Waals surface area contributed by atoms with Crippen LogP contribution in [0, 0.1) is 13.8 Å². The lowest BCUT2D eigenvalue weighted by Crippen LogP contribution is -1.83. The van der Waals surface area contributed by atoms with Crippen molar-refractivity contribution in [3.63, 3.8) is 0 Å². The summed E-state index contributed by atoms with van der Waals surface area (Å²) in [6.07, 6.45) is 2.82. The number of aryl methyl sites for hydroxylation is 2. The topological polar surface area (TPSA) is 20.2 Å². The van der Waals surface area contributed by atoms with Gasteiger partial charge in [-0.15, -0.1) is 0 Å². The molecule has 0 aromatic heterocycles. The van der Waals surface area contributed by atoms with E-state index in [1.54, 1.807) is 6.08 Å². The first kappa shape index (κ1) is 9.78. The van der Waals surface area contributed by atoms with E-state index in [1.807, 2.05) is 0 Å². The summed E-state index contributed by atoms with van der Waals surface area (Å²) < 4.78 is 0. The standard InChI is InChI=1S/C14H14O/c1-10-3-4-12-7-11(2)8-13(5-6-15)14(12)9-10/h3-9,15H,1-2H3. The lowest BCUT2D eigenvalue weighted by atomic mass is 10.00.